The molecule has 0 radical (unpaired) electrons. The summed E-state index contributed by atoms with van der Waals surface area (Å²) in [5.41, 5.74) is 3.24. The zero-order valence-electron chi connectivity index (χ0n) is 11.6. The van der Waals surface area contributed by atoms with Crippen molar-refractivity contribution in [1.29, 1.82) is 0 Å². The third kappa shape index (κ3) is 3.19. The van der Waals surface area contributed by atoms with Crippen LogP contribution < -0.4 is 5.32 Å². The Morgan fingerprint density at radius 3 is 2.30 bits per heavy atom. The highest BCUT2D eigenvalue weighted by molar-refractivity contribution is 5.59. The standard InChI is InChI=1S/C18H20FN/c19-16-7-4-8-18(13-16)20-17-11-9-15(10-12-17)14-5-2-1-3-6-14/h4,7-14,20H,1-3,5-6H2. The molecule has 0 unspecified atom stereocenters. The van der Waals surface area contributed by atoms with E-state index >= 15 is 0 Å². The number of benzene rings is 2. The van der Waals surface area contributed by atoms with Crippen LogP contribution in [0.3, 0.4) is 0 Å². The third-order valence-corrected chi connectivity index (χ3v) is 4.10. The van der Waals surface area contributed by atoms with Gasteiger partial charge in [-0.05, 0) is 54.7 Å². The molecule has 1 aliphatic carbocycles. The fraction of sp³-hybridized carbons (Fsp3) is 0.333. The Bertz CT molecular complexity index is 556. The highest BCUT2D eigenvalue weighted by Crippen LogP contribution is 2.33. The van der Waals surface area contributed by atoms with Gasteiger partial charge in [0.25, 0.3) is 0 Å². The molecule has 20 heavy (non-hydrogen) atoms. The molecule has 1 N–H and O–H groups in total. The average molecular weight is 269 g/mol. The van der Waals surface area contributed by atoms with Crippen LogP contribution in [0.15, 0.2) is 48.5 Å². The van der Waals surface area contributed by atoms with Gasteiger partial charge in [0.2, 0.25) is 0 Å². The Morgan fingerprint density at radius 1 is 0.850 bits per heavy atom. The maximum Gasteiger partial charge on any atom is 0.125 e. The Kier molecular flexibility index (Phi) is 4.00. The topological polar surface area (TPSA) is 12.0 Å². The molecule has 1 saturated carbocycles. The zero-order chi connectivity index (χ0) is 13.8. The molecule has 3 rings (SSSR count). The van der Waals surface area contributed by atoms with Crippen molar-refractivity contribution < 1.29 is 4.39 Å². The first-order valence-electron chi connectivity index (χ1n) is 7.44. The van der Waals surface area contributed by atoms with E-state index in [-0.39, 0.29) is 5.82 Å². The molecular weight excluding hydrogens is 249 g/mol. The lowest BCUT2D eigenvalue weighted by Gasteiger charge is -2.22. The number of rotatable bonds is 3. The van der Waals surface area contributed by atoms with E-state index in [1.165, 1.54) is 49.8 Å². The predicted molar refractivity (Wildman–Crippen MR) is 82.0 cm³/mol. The SMILES string of the molecule is Fc1cccc(Nc2ccc(C3CCCCC3)cc2)c1. The van der Waals surface area contributed by atoms with Crippen LogP contribution in [0.25, 0.3) is 0 Å². The van der Waals surface area contributed by atoms with Gasteiger partial charge in [0, 0.05) is 11.4 Å². The lowest BCUT2D eigenvalue weighted by molar-refractivity contribution is 0.443. The lowest BCUT2D eigenvalue weighted by atomic mass is 9.84. The van der Waals surface area contributed by atoms with Gasteiger partial charge in [-0.2, -0.15) is 0 Å². The Hall–Kier alpha value is -1.83. The van der Waals surface area contributed by atoms with Crippen LogP contribution in [0.5, 0.6) is 0 Å². The molecule has 1 aliphatic rings. The van der Waals surface area contributed by atoms with Gasteiger partial charge in [-0.15, -0.1) is 0 Å². The molecule has 1 nitrogen and oxygen atoms in total. The molecule has 0 bridgehead atoms. The van der Waals surface area contributed by atoms with Crippen molar-refractivity contribution in [3.05, 3.63) is 59.9 Å². The van der Waals surface area contributed by atoms with Crippen LogP contribution in [0, 0.1) is 5.82 Å². The van der Waals surface area contributed by atoms with Crippen molar-refractivity contribution in [2.75, 3.05) is 5.32 Å². The smallest absolute Gasteiger partial charge is 0.125 e. The minimum atomic E-state index is -0.214. The van der Waals surface area contributed by atoms with E-state index in [4.69, 9.17) is 0 Å². The molecule has 0 heterocycles. The number of nitrogens with one attached hydrogen (secondary N) is 1. The summed E-state index contributed by atoms with van der Waals surface area (Å²) in [6, 6.07) is 15.2. The van der Waals surface area contributed by atoms with Crippen LogP contribution in [0.2, 0.25) is 0 Å². The average Bonchev–Trinajstić information content (AvgIpc) is 2.49. The monoisotopic (exact) mass is 269 g/mol. The first-order valence-corrected chi connectivity index (χ1v) is 7.44. The highest BCUT2D eigenvalue weighted by atomic mass is 19.1. The minimum Gasteiger partial charge on any atom is -0.355 e. The van der Waals surface area contributed by atoms with Crippen molar-refractivity contribution in [3.8, 4) is 0 Å². The van der Waals surface area contributed by atoms with Crippen molar-refractivity contribution in [3.63, 3.8) is 0 Å². The van der Waals surface area contributed by atoms with E-state index in [0.717, 1.165) is 17.3 Å². The van der Waals surface area contributed by atoms with Crippen LogP contribution >= 0.6 is 0 Å². The molecule has 0 aromatic heterocycles. The maximum absolute atomic E-state index is 13.1. The summed E-state index contributed by atoms with van der Waals surface area (Å²) >= 11 is 0. The molecule has 0 spiro atoms. The van der Waals surface area contributed by atoms with E-state index in [1.54, 1.807) is 6.07 Å². The second-order valence-electron chi connectivity index (χ2n) is 5.59. The van der Waals surface area contributed by atoms with Gasteiger partial charge in [-0.1, -0.05) is 37.5 Å². The van der Waals surface area contributed by atoms with Gasteiger partial charge < -0.3 is 5.32 Å². The second kappa shape index (κ2) is 6.08. The van der Waals surface area contributed by atoms with Crippen LogP contribution in [-0.4, -0.2) is 0 Å². The van der Waals surface area contributed by atoms with Crippen LogP contribution in [0.4, 0.5) is 15.8 Å². The van der Waals surface area contributed by atoms with E-state index in [1.807, 2.05) is 6.07 Å². The molecule has 104 valence electrons. The molecule has 2 aromatic carbocycles. The van der Waals surface area contributed by atoms with Crippen LogP contribution in [-0.2, 0) is 0 Å². The summed E-state index contributed by atoms with van der Waals surface area (Å²) in [7, 11) is 0. The van der Waals surface area contributed by atoms with Crippen molar-refractivity contribution in [1.82, 2.24) is 0 Å². The van der Waals surface area contributed by atoms with Crippen molar-refractivity contribution in [2.45, 2.75) is 38.0 Å². The lowest BCUT2D eigenvalue weighted by Crippen LogP contribution is -2.04. The number of halogens is 1. The summed E-state index contributed by atoms with van der Waals surface area (Å²) in [6.45, 7) is 0. The predicted octanol–water partition coefficient (Wildman–Crippen LogP) is 5.62. The fourth-order valence-corrected chi connectivity index (χ4v) is 3.01. The van der Waals surface area contributed by atoms with Gasteiger partial charge in [0.05, 0.1) is 0 Å². The molecule has 0 aliphatic heterocycles. The summed E-state index contributed by atoms with van der Waals surface area (Å²) in [5.74, 6) is 0.515. The van der Waals surface area contributed by atoms with Gasteiger partial charge in [0.1, 0.15) is 5.82 Å². The largest absolute Gasteiger partial charge is 0.355 e. The summed E-state index contributed by atoms with van der Waals surface area (Å²) in [4.78, 5) is 0. The first kappa shape index (κ1) is 13.2. The summed E-state index contributed by atoms with van der Waals surface area (Å²) < 4.78 is 13.1. The molecule has 0 saturated heterocycles. The molecular formula is C18H20FN. The normalized spacial score (nSPS) is 16.1. The Balaban J connectivity index is 1.69. The summed E-state index contributed by atoms with van der Waals surface area (Å²) in [5, 5.41) is 3.23. The fourth-order valence-electron chi connectivity index (χ4n) is 3.01. The number of hydrogen-bond donors (Lipinski definition) is 1. The van der Waals surface area contributed by atoms with Crippen LogP contribution in [0.1, 0.15) is 43.6 Å². The van der Waals surface area contributed by atoms with Gasteiger partial charge in [-0.3, -0.25) is 0 Å². The number of anilines is 2. The quantitative estimate of drug-likeness (QED) is 0.762. The van der Waals surface area contributed by atoms with E-state index < -0.39 is 0 Å². The Morgan fingerprint density at radius 2 is 1.60 bits per heavy atom. The zero-order valence-corrected chi connectivity index (χ0v) is 11.6. The third-order valence-electron chi connectivity index (χ3n) is 4.10. The van der Waals surface area contributed by atoms with Gasteiger partial charge in [-0.25, -0.2) is 4.39 Å². The second-order valence-corrected chi connectivity index (χ2v) is 5.59. The maximum atomic E-state index is 13.1. The minimum absolute atomic E-state index is 0.214. The first-order chi connectivity index (χ1) is 9.81. The highest BCUT2D eigenvalue weighted by Gasteiger charge is 2.14. The van der Waals surface area contributed by atoms with Gasteiger partial charge in [0.15, 0.2) is 0 Å². The molecule has 2 aromatic rings. The molecule has 1 fully saturated rings. The van der Waals surface area contributed by atoms with E-state index in [9.17, 15) is 4.39 Å². The van der Waals surface area contributed by atoms with E-state index in [0.29, 0.717) is 0 Å². The molecule has 0 amide bonds. The Labute approximate surface area is 119 Å². The van der Waals surface area contributed by atoms with E-state index in [2.05, 4.69) is 29.6 Å². The molecule has 2 heteroatoms. The van der Waals surface area contributed by atoms with Crippen molar-refractivity contribution >= 4 is 11.4 Å². The summed E-state index contributed by atoms with van der Waals surface area (Å²) in [6.07, 6.45) is 6.73. The number of hydrogen-bond acceptors (Lipinski definition) is 1. The molecule has 0 atom stereocenters. The van der Waals surface area contributed by atoms with Gasteiger partial charge >= 0.3 is 0 Å². The van der Waals surface area contributed by atoms with Crippen molar-refractivity contribution in [2.24, 2.45) is 0 Å².